The highest BCUT2D eigenvalue weighted by atomic mass is 79.9. The lowest BCUT2D eigenvalue weighted by Crippen LogP contribution is -2.25. The largest absolute Gasteiger partial charge is 0.477 e. The molecule has 32 heavy (non-hydrogen) atoms. The molecule has 0 aliphatic carbocycles. The second kappa shape index (κ2) is 10.3. The third-order valence-corrected chi connectivity index (χ3v) is 5.79. The van der Waals surface area contributed by atoms with Crippen molar-refractivity contribution in [2.75, 3.05) is 7.11 Å². The van der Waals surface area contributed by atoms with Gasteiger partial charge in [0.2, 0.25) is 0 Å². The van der Waals surface area contributed by atoms with Crippen molar-refractivity contribution in [3.8, 4) is 5.75 Å². The quantitative estimate of drug-likeness (QED) is 0.318. The maximum Gasteiger partial charge on any atom is 0.346 e. The second-order valence-corrected chi connectivity index (χ2v) is 8.60. The minimum atomic E-state index is -0.795. The zero-order valence-corrected chi connectivity index (χ0v) is 20.5. The molecular formula is C23H23BrClN3O4. The number of hydrogen-bond donors (Lipinski definition) is 0. The Bertz CT molecular complexity index is 1240. The smallest absolute Gasteiger partial charge is 0.346 e. The number of nitrogens with zero attached hydrogens (tertiary/aromatic N) is 3. The van der Waals surface area contributed by atoms with E-state index in [1.165, 1.54) is 18.0 Å². The van der Waals surface area contributed by atoms with Crippen molar-refractivity contribution in [2.24, 2.45) is 5.10 Å². The third-order valence-electron chi connectivity index (χ3n) is 5.00. The molecule has 168 valence electrons. The highest BCUT2D eigenvalue weighted by molar-refractivity contribution is 9.10. The predicted molar refractivity (Wildman–Crippen MR) is 129 cm³/mol. The van der Waals surface area contributed by atoms with E-state index in [1.54, 1.807) is 31.2 Å². The lowest BCUT2D eigenvalue weighted by atomic mass is 10.1. The van der Waals surface area contributed by atoms with Crippen LogP contribution < -0.4 is 10.3 Å². The van der Waals surface area contributed by atoms with E-state index < -0.39 is 12.1 Å². The van der Waals surface area contributed by atoms with Crippen molar-refractivity contribution in [1.82, 2.24) is 9.66 Å². The van der Waals surface area contributed by atoms with E-state index in [2.05, 4.69) is 30.8 Å². The maximum atomic E-state index is 13.2. The summed E-state index contributed by atoms with van der Waals surface area (Å²) >= 11 is 9.71. The molecule has 2 atom stereocenters. The van der Waals surface area contributed by atoms with Crippen LogP contribution in [0.5, 0.6) is 5.75 Å². The van der Waals surface area contributed by atoms with Gasteiger partial charge in [0.25, 0.3) is 5.56 Å². The zero-order chi connectivity index (χ0) is 23.4. The van der Waals surface area contributed by atoms with Crippen molar-refractivity contribution >= 4 is 50.6 Å². The average Bonchev–Trinajstić information content (AvgIpc) is 2.79. The SMILES string of the molecule is CC[C@H](C)c1nc2ccc(Br)cc2c(=O)n1N=Cc1ccc(O[C@H](C)C(=O)OC)c(Cl)c1. The Kier molecular flexibility index (Phi) is 7.69. The Balaban J connectivity index is 1.99. The number of rotatable bonds is 7. The Labute approximate surface area is 199 Å². The van der Waals surface area contributed by atoms with E-state index in [1.807, 2.05) is 26.0 Å². The van der Waals surface area contributed by atoms with Gasteiger partial charge in [-0.25, -0.2) is 9.78 Å². The second-order valence-electron chi connectivity index (χ2n) is 7.28. The highest BCUT2D eigenvalue weighted by Gasteiger charge is 2.17. The van der Waals surface area contributed by atoms with Gasteiger partial charge in [0, 0.05) is 10.4 Å². The number of carbonyl (C=O) groups is 1. The molecule has 9 heteroatoms. The molecule has 0 aliphatic heterocycles. The summed E-state index contributed by atoms with van der Waals surface area (Å²) in [7, 11) is 1.29. The van der Waals surface area contributed by atoms with Crippen molar-refractivity contribution in [2.45, 2.75) is 39.2 Å². The molecule has 0 unspecified atom stereocenters. The van der Waals surface area contributed by atoms with E-state index in [4.69, 9.17) is 16.3 Å². The van der Waals surface area contributed by atoms with Crippen LogP contribution in [0.2, 0.25) is 5.02 Å². The molecule has 0 fully saturated rings. The van der Waals surface area contributed by atoms with Crippen molar-refractivity contribution < 1.29 is 14.3 Å². The topological polar surface area (TPSA) is 82.8 Å². The summed E-state index contributed by atoms with van der Waals surface area (Å²) in [4.78, 5) is 29.4. The molecule has 1 heterocycles. The fourth-order valence-electron chi connectivity index (χ4n) is 3.00. The Morgan fingerprint density at radius 2 is 2.03 bits per heavy atom. The molecule has 0 amide bonds. The zero-order valence-electron chi connectivity index (χ0n) is 18.1. The molecule has 0 radical (unpaired) electrons. The number of methoxy groups -OCH3 is 1. The first-order valence-corrected chi connectivity index (χ1v) is 11.2. The van der Waals surface area contributed by atoms with Gasteiger partial charge in [-0.05, 0) is 55.3 Å². The molecule has 0 saturated heterocycles. The Hall–Kier alpha value is -2.71. The van der Waals surface area contributed by atoms with Crippen molar-refractivity contribution in [3.05, 3.63) is 67.6 Å². The lowest BCUT2D eigenvalue weighted by Gasteiger charge is -2.14. The minimum Gasteiger partial charge on any atom is -0.477 e. The molecule has 0 aliphatic rings. The summed E-state index contributed by atoms with van der Waals surface area (Å²) in [6.45, 7) is 5.61. The van der Waals surface area contributed by atoms with Gasteiger partial charge < -0.3 is 9.47 Å². The van der Waals surface area contributed by atoms with E-state index in [9.17, 15) is 9.59 Å². The van der Waals surface area contributed by atoms with Crippen LogP contribution in [0, 0.1) is 0 Å². The van der Waals surface area contributed by atoms with Gasteiger partial charge in [-0.15, -0.1) is 0 Å². The fourth-order valence-corrected chi connectivity index (χ4v) is 3.60. The standard InChI is InChI=1S/C23H23BrClN3O4/c1-5-13(2)21-27-19-8-7-16(24)11-17(19)22(29)28(21)26-12-15-6-9-20(18(25)10-15)32-14(3)23(30)31-4/h6-14H,5H2,1-4H3/t13-,14+/m0/s1. The van der Waals surface area contributed by atoms with E-state index >= 15 is 0 Å². The van der Waals surface area contributed by atoms with Crippen LogP contribution >= 0.6 is 27.5 Å². The van der Waals surface area contributed by atoms with Gasteiger partial charge in [0.15, 0.2) is 6.10 Å². The van der Waals surface area contributed by atoms with E-state index in [0.29, 0.717) is 33.1 Å². The first-order valence-electron chi connectivity index (χ1n) is 10.1. The first kappa shape index (κ1) is 23.9. The average molecular weight is 521 g/mol. The normalized spacial score (nSPS) is 13.3. The van der Waals surface area contributed by atoms with Gasteiger partial charge >= 0.3 is 5.97 Å². The van der Waals surface area contributed by atoms with Gasteiger partial charge in [-0.2, -0.15) is 9.78 Å². The van der Waals surface area contributed by atoms with Crippen molar-refractivity contribution in [1.29, 1.82) is 0 Å². The number of ether oxygens (including phenoxy) is 2. The highest BCUT2D eigenvalue weighted by Crippen LogP contribution is 2.26. The van der Waals surface area contributed by atoms with Crippen LogP contribution in [-0.4, -0.2) is 35.1 Å². The van der Waals surface area contributed by atoms with Gasteiger partial charge in [-0.1, -0.05) is 41.4 Å². The number of fused-ring (bicyclic) bond motifs is 1. The molecule has 1 aromatic heterocycles. The molecule has 3 rings (SSSR count). The minimum absolute atomic E-state index is 0.0343. The lowest BCUT2D eigenvalue weighted by molar-refractivity contribution is -0.147. The number of hydrogen-bond acceptors (Lipinski definition) is 6. The Morgan fingerprint density at radius 1 is 1.28 bits per heavy atom. The summed E-state index contributed by atoms with van der Waals surface area (Å²) in [5.74, 6) is 0.462. The van der Waals surface area contributed by atoms with Gasteiger partial charge in [-0.3, -0.25) is 4.79 Å². The summed E-state index contributed by atoms with van der Waals surface area (Å²) in [5.41, 5.74) is 1.04. The fraction of sp³-hybridized carbons (Fsp3) is 0.304. The number of benzene rings is 2. The predicted octanol–water partition coefficient (Wildman–Crippen LogP) is 5.15. The van der Waals surface area contributed by atoms with E-state index in [0.717, 1.165) is 10.9 Å². The molecule has 7 nitrogen and oxygen atoms in total. The molecule has 0 bridgehead atoms. The van der Waals surface area contributed by atoms with Crippen LogP contribution in [0.25, 0.3) is 10.9 Å². The number of esters is 1. The molecule has 2 aromatic carbocycles. The molecule has 0 N–H and O–H groups in total. The number of carbonyl (C=O) groups excluding carboxylic acids is 1. The first-order chi connectivity index (χ1) is 15.2. The van der Waals surface area contributed by atoms with Crippen LogP contribution in [0.4, 0.5) is 0 Å². The molecular weight excluding hydrogens is 498 g/mol. The van der Waals surface area contributed by atoms with Crippen LogP contribution in [-0.2, 0) is 9.53 Å². The van der Waals surface area contributed by atoms with Crippen LogP contribution in [0.3, 0.4) is 0 Å². The van der Waals surface area contributed by atoms with E-state index in [-0.39, 0.29) is 11.5 Å². The molecule has 0 spiro atoms. The molecule has 0 saturated carbocycles. The summed E-state index contributed by atoms with van der Waals surface area (Å²) in [6.07, 6.45) is 1.55. The number of aromatic nitrogens is 2. The van der Waals surface area contributed by atoms with Crippen LogP contribution in [0.15, 0.2) is 50.8 Å². The summed E-state index contributed by atoms with van der Waals surface area (Å²) in [5, 5.41) is 5.21. The molecule has 3 aromatic rings. The van der Waals surface area contributed by atoms with Crippen molar-refractivity contribution in [3.63, 3.8) is 0 Å². The summed E-state index contributed by atoms with van der Waals surface area (Å²) < 4.78 is 12.3. The number of halogens is 2. The monoisotopic (exact) mass is 519 g/mol. The maximum absolute atomic E-state index is 13.2. The van der Waals surface area contributed by atoms with Crippen LogP contribution in [0.1, 0.15) is 44.5 Å². The summed E-state index contributed by atoms with van der Waals surface area (Å²) in [6, 6.07) is 10.4. The third kappa shape index (κ3) is 5.19. The Morgan fingerprint density at radius 3 is 2.69 bits per heavy atom. The van der Waals surface area contributed by atoms with Gasteiger partial charge in [0.1, 0.15) is 11.6 Å². The van der Waals surface area contributed by atoms with Gasteiger partial charge in [0.05, 0.1) is 29.2 Å².